The minimum atomic E-state index is -0.460. The number of nitro benzene ring substituents is 1. The smallest absolute Gasteiger partial charge is 0.271 e. The van der Waals surface area contributed by atoms with Gasteiger partial charge >= 0.3 is 0 Å². The second-order valence-electron chi connectivity index (χ2n) is 3.91. The zero-order valence-electron chi connectivity index (χ0n) is 9.31. The van der Waals surface area contributed by atoms with E-state index in [9.17, 15) is 10.1 Å². The summed E-state index contributed by atoms with van der Waals surface area (Å²) in [5.41, 5.74) is 6.71. The van der Waals surface area contributed by atoms with E-state index in [2.05, 4.69) is 0 Å². The maximum Gasteiger partial charge on any atom is 0.271 e. The first-order valence-electron chi connectivity index (χ1n) is 5.16. The van der Waals surface area contributed by atoms with Gasteiger partial charge in [-0.15, -0.1) is 0 Å². The van der Waals surface area contributed by atoms with Gasteiger partial charge in [0.05, 0.1) is 4.92 Å². The van der Waals surface area contributed by atoms with Crippen LogP contribution in [0.25, 0.3) is 0 Å². The first kappa shape index (κ1) is 12.9. The van der Waals surface area contributed by atoms with Crippen molar-refractivity contribution in [3.8, 4) is 0 Å². The fourth-order valence-electron chi connectivity index (χ4n) is 1.48. The Kier molecular flexibility index (Phi) is 4.26. The molecule has 5 heteroatoms. The summed E-state index contributed by atoms with van der Waals surface area (Å²) < 4.78 is 0. The van der Waals surface area contributed by atoms with Crippen molar-refractivity contribution in [3.05, 3.63) is 38.9 Å². The summed E-state index contributed by atoms with van der Waals surface area (Å²) in [6, 6.07) is 4.28. The molecule has 0 aliphatic rings. The molecule has 0 bridgehead atoms. The van der Waals surface area contributed by atoms with E-state index in [0.717, 1.165) is 6.42 Å². The molecule has 0 saturated heterocycles. The number of hydrogen-bond donors (Lipinski definition) is 1. The van der Waals surface area contributed by atoms with Gasteiger partial charge in [-0.25, -0.2) is 0 Å². The predicted molar refractivity (Wildman–Crippen MR) is 64.5 cm³/mol. The van der Waals surface area contributed by atoms with E-state index in [1.807, 2.05) is 13.8 Å². The molecular formula is C11H15ClN2O2. The highest BCUT2D eigenvalue weighted by atomic mass is 35.5. The molecule has 0 fully saturated rings. The van der Waals surface area contributed by atoms with Crippen molar-refractivity contribution >= 4 is 17.3 Å². The third-order valence-corrected chi connectivity index (χ3v) is 2.98. The normalized spacial score (nSPS) is 14.5. The molecular weight excluding hydrogens is 228 g/mol. The van der Waals surface area contributed by atoms with Gasteiger partial charge in [-0.1, -0.05) is 31.9 Å². The zero-order chi connectivity index (χ0) is 12.3. The van der Waals surface area contributed by atoms with Crippen molar-refractivity contribution in [2.45, 2.75) is 26.3 Å². The van der Waals surface area contributed by atoms with Crippen molar-refractivity contribution in [2.75, 3.05) is 0 Å². The van der Waals surface area contributed by atoms with Gasteiger partial charge in [0.25, 0.3) is 5.69 Å². The molecule has 0 aliphatic heterocycles. The van der Waals surface area contributed by atoms with Crippen LogP contribution in [0.3, 0.4) is 0 Å². The third-order valence-electron chi connectivity index (χ3n) is 2.76. The van der Waals surface area contributed by atoms with Crippen LogP contribution < -0.4 is 5.73 Å². The first-order valence-corrected chi connectivity index (χ1v) is 5.54. The number of nitro groups is 1. The van der Waals surface area contributed by atoms with Crippen LogP contribution in [-0.2, 0) is 0 Å². The van der Waals surface area contributed by atoms with E-state index < -0.39 is 4.92 Å². The lowest BCUT2D eigenvalue weighted by Crippen LogP contribution is -2.18. The third kappa shape index (κ3) is 2.93. The minimum absolute atomic E-state index is 0.0127. The second kappa shape index (κ2) is 5.27. The fourth-order valence-corrected chi connectivity index (χ4v) is 1.71. The maximum atomic E-state index is 10.7. The van der Waals surface area contributed by atoms with Crippen LogP contribution in [-0.4, -0.2) is 4.92 Å². The molecule has 1 aromatic carbocycles. The van der Waals surface area contributed by atoms with Gasteiger partial charge in [0.2, 0.25) is 0 Å². The minimum Gasteiger partial charge on any atom is -0.324 e. The summed E-state index contributed by atoms with van der Waals surface area (Å²) >= 11 is 5.83. The summed E-state index contributed by atoms with van der Waals surface area (Å²) in [6.45, 7) is 4.04. The molecule has 1 aromatic rings. The highest BCUT2D eigenvalue weighted by Gasteiger charge is 2.17. The van der Waals surface area contributed by atoms with E-state index >= 15 is 0 Å². The Hall–Kier alpha value is -1.13. The molecule has 0 radical (unpaired) electrons. The standard InChI is InChI=1S/C11H15ClN2O2/c1-3-7(2)11(13)8-4-9(12)6-10(5-8)14(15)16/h4-7,11H,3,13H2,1-2H3. The largest absolute Gasteiger partial charge is 0.324 e. The molecule has 88 valence electrons. The van der Waals surface area contributed by atoms with E-state index in [1.54, 1.807) is 6.07 Å². The Balaban J connectivity index is 3.09. The van der Waals surface area contributed by atoms with Gasteiger partial charge in [0.1, 0.15) is 0 Å². The number of rotatable bonds is 4. The quantitative estimate of drug-likeness (QED) is 0.651. The zero-order valence-corrected chi connectivity index (χ0v) is 10.1. The number of hydrogen-bond acceptors (Lipinski definition) is 3. The molecule has 2 atom stereocenters. The summed E-state index contributed by atoms with van der Waals surface area (Å²) in [6.07, 6.45) is 0.918. The number of benzene rings is 1. The van der Waals surface area contributed by atoms with Gasteiger partial charge in [-0.3, -0.25) is 10.1 Å². The maximum absolute atomic E-state index is 10.7. The Morgan fingerprint density at radius 3 is 2.62 bits per heavy atom. The number of nitrogens with zero attached hydrogens (tertiary/aromatic N) is 1. The molecule has 2 unspecified atom stereocenters. The second-order valence-corrected chi connectivity index (χ2v) is 4.35. The summed E-state index contributed by atoms with van der Waals surface area (Å²) in [5, 5.41) is 11.0. The predicted octanol–water partition coefficient (Wildman–Crippen LogP) is 3.29. The van der Waals surface area contributed by atoms with Crippen LogP contribution in [0.5, 0.6) is 0 Å². The molecule has 0 spiro atoms. The molecule has 0 aromatic heterocycles. The number of nitrogens with two attached hydrogens (primary N) is 1. The molecule has 0 aliphatic carbocycles. The summed E-state index contributed by atoms with van der Waals surface area (Å²) in [7, 11) is 0. The SMILES string of the molecule is CCC(C)C(N)c1cc(Cl)cc([N+](=O)[O-])c1. The fraction of sp³-hybridized carbons (Fsp3) is 0.455. The van der Waals surface area contributed by atoms with Gasteiger partial charge in [-0.05, 0) is 17.5 Å². The molecule has 0 amide bonds. The lowest BCUT2D eigenvalue weighted by atomic mass is 9.93. The molecule has 4 nitrogen and oxygen atoms in total. The van der Waals surface area contributed by atoms with Crippen molar-refractivity contribution < 1.29 is 4.92 Å². The average molecular weight is 243 g/mol. The highest BCUT2D eigenvalue weighted by Crippen LogP contribution is 2.28. The van der Waals surface area contributed by atoms with Crippen LogP contribution in [0.2, 0.25) is 5.02 Å². The molecule has 16 heavy (non-hydrogen) atoms. The van der Waals surface area contributed by atoms with E-state index in [4.69, 9.17) is 17.3 Å². The van der Waals surface area contributed by atoms with Crippen LogP contribution >= 0.6 is 11.6 Å². The Morgan fingerprint density at radius 2 is 2.12 bits per heavy atom. The molecule has 1 rings (SSSR count). The highest BCUT2D eigenvalue weighted by molar-refractivity contribution is 6.30. The average Bonchev–Trinajstić information content (AvgIpc) is 2.26. The van der Waals surface area contributed by atoms with Crippen molar-refractivity contribution in [3.63, 3.8) is 0 Å². The molecule has 2 N–H and O–H groups in total. The van der Waals surface area contributed by atoms with Gasteiger partial charge in [0.15, 0.2) is 0 Å². The van der Waals surface area contributed by atoms with Crippen LogP contribution in [0.1, 0.15) is 31.9 Å². The van der Waals surface area contributed by atoms with Crippen molar-refractivity contribution in [1.82, 2.24) is 0 Å². The number of non-ortho nitro benzene ring substituents is 1. The lowest BCUT2D eigenvalue weighted by molar-refractivity contribution is -0.384. The van der Waals surface area contributed by atoms with Crippen molar-refractivity contribution in [1.29, 1.82) is 0 Å². The molecule has 0 saturated carbocycles. The van der Waals surface area contributed by atoms with Crippen LogP contribution in [0, 0.1) is 16.0 Å². The Morgan fingerprint density at radius 1 is 1.50 bits per heavy atom. The Labute approximate surface area is 99.6 Å². The monoisotopic (exact) mass is 242 g/mol. The summed E-state index contributed by atoms with van der Waals surface area (Å²) in [5.74, 6) is 0.262. The van der Waals surface area contributed by atoms with Crippen molar-refractivity contribution in [2.24, 2.45) is 11.7 Å². The van der Waals surface area contributed by atoms with E-state index in [1.165, 1.54) is 12.1 Å². The van der Waals surface area contributed by atoms with Gasteiger partial charge in [0, 0.05) is 23.2 Å². The Bertz CT molecular complexity index is 396. The number of halogens is 1. The van der Waals surface area contributed by atoms with Crippen LogP contribution in [0.4, 0.5) is 5.69 Å². The lowest BCUT2D eigenvalue weighted by Gasteiger charge is -2.18. The molecule has 0 heterocycles. The van der Waals surface area contributed by atoms with Crippen LogP contribution in [0.15, 0.2) is 18.2 Å². The van der Waals surface area contributed by atoms with Gasteiger partial charge < -0.3 is 5.73 Å². The van der Waals surface area contributed by atoms with Gasteiger partial charge in [-0.2, -0.15) is 0 Å². The topological polar surface area (TPSA) is 69.2 Å². The summed E-state index contributed by atoms with van der Waals surface area (Å²) in [4.78, 5) is 10.2. The van der Waals surface area contributed by atoms with E-state index in [0.29, 0.717) is 10.6 Å². The first-order chi connectivity index (χ1) is 7.45. The van der Waals surface area contributed by atoms with E-state index in [-0.39, 0.29) is 17.6 Å².